The predicted octanol–water partition coefficient (Wildman–Crippen LogP) is 4.42. The van der Waals surface area contributed by atoms with Crippen LogP contribution >= 0.6 is 15.9 Å². The third kappa shape index (κ3) is 3.08. The van der Waals surface area contributed by atoms with Crippen molar-refractivity contribution < 1.29 is 4.79 Å². The molecule has 1 amide bonds. The Morgan fingerprint density at radius 3 is 2.50 bits per heavy atom. The summed E-state index contributed by atoms with van der Waals surface area (Å²) in [6, 6.07) is 0. The van der Waals surface area contributed by atoms with Crippen LogP contribution in [-0.4, -0.2) is 16.8 Å². The van der Waals surface area contributed by atoms with E-state index in [1.165, 1.54) is 51.4 Å². The number of hydrogen-bond donors (Lipinski definition) is 1. The highest BCUT2D eigenvalue weighted by Gasteiger charge is 2.57. The van der Waals surface area contributed by atoms with Crippen LogP contribution in [0.2, 0.25) is 0 Å². The molecule has 4 aliphatic carbocycles. The van der Waals surface area contributed by atoms with Gasteiger partial charge < -0.3 is 5.32 Å². The maximum Gasteiger partial charge on any atom is 0.220 e. The summed E-state index contributed by atoms with van der Waals surface area (Å²) in [5.41, 5.74) is 0.322. The van der Waals surface area contributed by atoms with Crippen molar-refractivity contribution in [1.29, 1.82) is 0 Å². The van der Waals surface area contributed by atoms with E-state index in [4.69, 9.17) is 0 Å². The highest BCUT2D eigenvalue weighted by atomic mass is 79.9. The smallest absolute Gasteiger partial charge is 0.220 e. The molecule has 0 radical (unpaired) electrons. The lowest BCUT2D eigenvalue weighted by atomic mass is 9.48. The molecule has 0 heterocycles. The Balaban J connectivity index is 1.55. The van der Waals surface area contributed by atoms with Crippen LogP contribution in [0, 0.1) is 17.3 Å². The molecule has 4 aliphatic rings. The summed E-state index contributed by atoms with van der Waals surface area (Å²) in [5.74, 6) is 2.06. The fourth-order valence-electron chi connectivity index (χ4n) is 5.55. The highest BCUT2D eigenvalue weighted by molar-refractivity contribution is 9.10. The van der Waals surface area contributed by atoms with Gasteiger partial charge in [0.25, 0.3) is 0 Å². The molecule has 1 N–H and O–H groups in total. The highest BCUT2D eigenvalue weighted by Crippen LogP contribution is 2.65. The molecular weight excluding hydrogens is 314 g/mol. The van der Waals surface area contributed by atoms with E-state index < -0.39 is 0 Å². The number of amides is 1. The van der Waals surface area contributed by atoms with Crippen molar-refractivity contribution >= 4 is 21.8 Å². The van der Waals surface area contributed by atoms with Crippen LogP contribution in [0.15, 0.2) is 0 Å². The van der Waals surface area contributed by atoms with Crippen molar-refractivity contribution in [2.45, 2.75) is 75.5 Å². The second kappa shape index (κ2) is 5.62. The molecule has 0 aromatic carbocycles. The van der Waals surface area contributed by atoms with Crippen molar-refractivity contribution in [3.05, 3.63) is 0 Å². The van der Waals surface area contributed by atoms with Gasteiger partial charge >= 0.3 is 0 Å². The summed E-state index contributed by atoms with van der Waals surface area (Å²) >= 11 is 4.02. The maximum absolute atomic E-state index is 12.3. The summed E-state index contributed by atoms with van der Waals surface area (Å²) in [7, 11) is 0. The van der Waals surface area contributed by atoms with Gasteiger partial charge in [0, 0.05) is 17.3 Å². The standard InChI is InChI=1S/C17H28BrNO/c1-2-3-4-5-19-15(20)11-16-7-13-6-14(8-16)10-17(18,9-13)12-16/h13-14H,2-12H2,1H3,(H,19,20). The summed E-state index contributed by atoms with van der Waals surface area (Å²) < 4.78 is 0.375. The minimum Gasteiger partial charge on any atom is -0.356 e. The molecule has 4 bridgehead atoms. The number of halogens is 1. The second-order valence-electron chi connectivity index (χ2n) is 7.85. The van der Waals surface area contributed by atoms with E-state index in [0.29, 0.717) is 15.6 Å². The number of nitrogens with one attached hydrogen (secondary N) is 1. The number of carbonyl (C=O) groups is 1. The Morgan fingerprint density at radius 1 is 1.20 bits per heavy atom. The van der Waals surface area contributed by atoms with E-state index in [2.05, 4.69) is 28.2 Å². The van der Waals surface area contributed by atoms with Gasteiger partial charge in [0.2, 0.25) is 5.91 Å². The summed E-state index contributed by atoms with van der Waals surface area (Å²) in [4.78, 5) is 12.3. The molecule has 0 spiro atoms. The molecule has 4 rings (SSSR count). The van der Waals surface area contributed by atoms with Crippen molar-refractivity contribution in [2.75, 3.05) is 6.54 Å². The Morgan fingerprint density at radius 2 is 1.90 bits per heavy atom. The van der Waals surface area contributed by atoms with Gasteiger partial charge in [-0.15, -0.1) is 0 Å². The Bertz CT molecular complexity index is 367. The molecule has 2 nitrogen and oxygen atoms in total. The van der Waals surface area contributed by atoms with Crippen LogP contribution in [0.4, 0.5) is 0 Å². The molecule has 4 saturated carbocycles. The number of carbonyl (C=O) groups excluding carboxylic acids is 1. The van der Waals surface area contributed by atoms with Crippen molar-refractivity contribution in [2.24, 2.45) is 17.3 Å². The summed E-state index contributed by atoms with van der Waals surface area (Å²) in [6.07, 6.45) is 12.3. The van der Waals surface area contributed by atoms with Crippen LogP contribution < -0.4 is 5.32 Å². The number of unbranched alkanes of at least 4 members (excludes halogenated alkanes) is 2. The van der Waals surface area contributed by atoms with Crippen molar-refractivity contribution in [1.82, 2.24) is 5.32 Å². The first kappa shape index (κ1) is 14.9. The number of rotatable bonds is 6. The van der Waals surface area contributed by atoms with Gasteiger partial charge in [0.1, 0.15) is 0 Å². The average Bonchev–Trinajstić information content (AvgIpc) is 2.30. The van der Waals surface area contributed by atoms with Crippen LogP contribution in [0.1, 0.15) is 71.1 Å². The van der Waals surface area contributed by atoms with E-state index in [0.717, 1.165) is 31.2 Å². The largest absolute Gasteiger partial charge is 0.356 e. The van der Waals surface area contributed by atoms with E-state index in [1.54, 1.807) is 0 Å². The van der Waals surface area contributed by atoms with Gasteiger partial charge in [-0.25, -0.2) is 0 Å². The van der Waals surface area contributed by atoms with Crippen LogP contribution in [0.25, 0.3) is 0 Å². The zero-order valence-corrected chi connectivity index (χ0v) is 14.3. The summed E-state index contributed by atoms with van der Waals surface area (Å²) in [5, 5.41) is 3.15. The van der Waals surface area contributed by atoms with Gasteiger partial charge in [-0.1, -0.05) is 35.7 Å². The average molecular weight is 342 g/mol. The zero-order chi connectivity index (χ0) is 14.2. The third-order valence-electron chi connectivity index (χ3n) is 5.75. The van der Waals surface area contributed by atoms with Gasteiger partial charge in [-0.05, 0) is 62.2 Å². The number of alkyl halides is 1. The first-order valence-electron chi connectivity index (χ1n) is 8.48. The SMILES string of the molecule is CCCCCNC(=O)CC12CC3CC(CC(Br)(C3)C1)C2. The molecule has 2 atom stereocenters. The Labute approximate surface area is 131 Å². The molecule has 3 heteroatoms. The lowest BCUT2D eigenvalue weighted by molar-refractivity contribution is -0.128. The predicted molar refractivity (Wildman–Crippen MR) is 85.9 cm³/mol. The molecule has 4 fully saturated rings. The second-order valence-corrected chi connectivity index (χ2v) is 9.53. The minimum absolute atomic E-state index is 0.305. The fraction of sp³-hybridized carbons (Fsp3) is 0.941. The molecule has 2 unspecified atom stereocenters. The molecule has 0 aromatic rings. The molecule has 0 aliphatic heterocycles. The normalized spacial score (nSPS) is 41.9. The topological polar surface area (TPSA) is 29.1 Å². The quantitative estimate of drug-likeness (QED) is 0.562. The third-order valence-corrected chi connectivity index (χ3v) is 6.68. The minimum atomic E-state index is 0.305. The van der Waals surface area contributed by atoms with Gasteiger partial charge in [0.05, 0.1) is 0 Å². The van der Waals surface area contributed by atoms with Crippen molar-refractivity contribution in [3.8, 4) is 0 Å². The first-order valence-corrected chi connectivity index (χ1v) is 9.27. The van der Waals surface area contributed by atoms with Crippen LogP contribution in [-0.2, 0) is 4.79 Å². The molecule has 114 valence electrons. The maximum atomic E-state index is 12.3. The van der Waals surface area contributed by atoms with Crippen LogP contribution in [0.3, 0.4) is 0 Å². The number of hydrogen-bond acceptors (Lipinski definition) is 1. The van der Waals surface area contributed by atoms with E-state index in [9.17, 15) is 4.79 Å². The van der Waals surface area contributed by atoms with E-state index in [1.807, 2.05) is 0 Å². The van der Waals surface area contributed by atoms with E-state index in [-0.39, 0.29) is 0 Å². The molecule has 0 aromatic heterocycles. The van der Waals surface area contributed by atoms with Gasteiger partial charge in [0.15, 0.2) is 0 Å². The summed E-state index contributed by atoms with van der Waals surface area (Å²) in [6.45, 7) is 3.07. The lowest BCUT2D eigenvalue weighted by Gasteiger charge is -2.60. The Kier molecular flexibility index (Phi) is 4.18. The zero-order valence-electron chi connectivity index (χ0n) is 12.7. The molecule has 0 saturated heterocycles. The van der Waals surface area contributed by atoms with Crippen LogP contribution in [0.5, 0.6) is 0 Å². The van der Waals surface area contributed by atoms with E-state index >= 15 is 0 Å². The van der Waals surface area contributed by atoms with Crippen molar-refractivity contribution in [3.63, 3.8) is 0 Å². The fourth-order valence-corrected chi connectivity index (χ4v) is 7.06. The monoisotopic (exact) mass is 341 g/mol. The lowest BCUT2D eigenvalue weighted by Crippen LogP contribution is -2.54. The molecule has 20 heavy (non-hydrogen) atoms. The first-order chi connectivity index (χ1) is 9.53. The van der Waals surface area contributed by atoms with Gasteiger partial charge in [-0.2, -0.15) is 0 Å². The molecular formula is C17H28BrNO. The Hall–Kier alpha value is -0.0500. The van der Waals surface area contributed by atoms with Gasteiger partial charge in [-0.3, -0.25) is 4.79 Å².